The van der Waals surface area contributed by atoms with Crippen LogP contribution in [0, 0.1) is 11.6 Å². The SMILES string of the molecule is CC1CC(NCc2nc3ccccc3s2)CCN1CC(O)Oc1ccc(F)c(F)c1. The summed E-state index contributed by atoms with van der Waals surface area (Å²) in [6, 6.07) is 12.0. The first-order valence-electron chi connectivity index (χ1n) is 10.1. The lowest BCUT2D eigenvalue weighted by atomic mass is 9.98. The van der Waals surface area contributed by atoms with E-state index >= 15 is 0 Å². The van der Waals surface area contributed by atoms with E-state index in [0.717, 1.165) is 48.6 Å². The van der Waals surface area contributed by atoms with Crippen molar-refractivity contribution in [1.82, 2.24) is 15.2 Å². The van der Waals surface area contributed by atoms with Crippen molar-refractivity contribution in [2.75, 3.05) is 13.1 Å². The maximum absolute atomic E-state index is 13.3. The number of hydrogen-bond acceptors (Lipinski definition) is 6. The molecule has 1 aliphatic rings. The fourth-order valence-corrected chi connectivity index (χ4v) is 4.77. The lowest BCUT2D eigenvalue weighted by Crippen LogP contribution is -2.50. The van der Waals surface area contributed by atoms with E-state index in [9.17, 15) is 13.9 Å². The van der Waals surface area contributed by atoms with Crippen LogP contribution < -0.4 is 10.1 Å². The average molecular weight is 434 g/mol. The first-order chi connectivity index (χ1) is 14.5. The molecule has 30 heavy (non-hydrogen) atoms. The van der Waals surface area contributed by atoms with E-state index in [1.54, 1.807) is 11.3 Å². The number of halogens is 2. The highest BCUT2D eigenvalue weighted by atomic mass is 32.1. The number of β-amino-alcohol motifs (C(OH)–C–C–N with tert-alkyl or cyclic N) is 1. The van der Waals surface area contributed by atoms with Crippen molar-refractivity contribution in [1.29, 1.82) is 0 Å². The van der Waals surface area contributed by atoms with Gasteiger partial charge in [0.1, 0.15) is 10.8 Å². The quantitative estimate of drug-likeness (QED) is 0.554. The third-order valence-electron chi connectivity index (χ3n) is 5.45. The Bertz CT molecular complexity index is 966. The van der Waals surface area contributed by atoms with Crippen molar-refractivity contribution in [3.05, 3.63) is 59.1 Å². The van der Waals surface area contributed by atoms with E-state index in [1.165, 1.54) is 10.8 Å². The number of nitrogens with zero attached hydrogens (tertiary/aromatic N) is 2. The number of aliphatic hydroxyl groups is 1. The van der Waals surface area contributed by atoms with Crippen molar-refractivity contribution in [3.8, 4) is 5.75 Å². The molecule has 1 aromatic heterocycles. The molecule has 3 atom stereocenters. The number of aliphatic hydroxyl groups excluding tert-OH is 1. The van der Waals surface area contributed by atoms with Gasteiger partial charge in [-0.1, -0.05) is 12.1 Å². The van der Waals surface area contributed by atoms with Gasteiger partial charge in [0, 0.05) is 31.2 Å². The van der Waals surface area contributed by atoms with Gasteiger partial charge >= 0.3 is 0 Å². The highest BCUT2D eigenvalue weighted by Crippen LogP contribution is 2.23. The molecule has 5 nitrogen and oxygen atoms in total. The summed E-state index contributed by atoms with van der Waals surface area (Å²) < 4.78 is 32.9. The molecule has 3 aromatic rings. The molecule has 3 unspecified atom stereocenters. The Labute approximate surface area is 178 Å². The van der Waals surface area contributed by atoms with Crippen LogP contribution in [0.25, 0.3) is 10.2 Å². The zero-order valence-electron chi connectivity index (χ0n) is 16.7. The second kappa shape index (κ2) is 9.34. The molecule has 2 N–H and O–H groups in total. The van der Waals surface area contributed by atoms with Crippen molar-refractivity contribution in [2.24, 2.45) is 0 Å². The van der Waals surface area contributed by atoms with E-state index in [2.05, 4.69) is 28.2 Å². The molecule has 0 amide bonds. The molecule has 4 rings (SSSR count). The van der Waals surface area contributed by atoms with Crippen LogP contribution in [0.3, 0.4) is 0 Å². The number of aromatic nitrogens is 1. The topological polar surface area (TPSA) is 57.6 Å². The van der Waals surface area contributed by atoms with Crippen LogP contribution in [-0.2, 0) is 6.54 Å². The minimum atomic E-state index is -1.11. The van der Waals surface area contributed by atoms with Gasteiger partial charge in [-0.15, -0.1) is 11.3 Å². The fraction of sp³-hybridized carbons (Fsp3) is 0.409. The molecule has 1 saturated heterocycles. The second-order valence-corrected chi connectivity index (χ2v) is 8.79. The van der Waals surface area contributed by atoms with Gasteiger partial charge < -0.3 is 15.2 Å². The normalized spacial score (nSPS) is 21.1. The summed E-state index contributed by atoms with van der Waals surface area (Å²) in [5, 5.41) is 14.9. The standard InChI is InChI=1S/C22H25F2N3O2S/c1-14-10-15(25-12-21-26-19-4-2-3-5-20(19)30-21)8-9-27(14)13-22(28)29-16-6-7-17(23)18(24)11-16/h2-7,11,14-15,22,25,28H,8-10,12-13H2,1H3. The van der Waals surface area contributed by atoms with Crippen LogP contribution in [0.5, 0.6) is 5.75 Å². The predicted octanol–water partition coefficient (Wildman–Crippen LogP) is 3.91. The van der Waals surface area contributed by atoms with Gasteiger partial charge in [0.05, 0.1) is 16.8 Å². The summed E-state index contributed by atoms with van der Waals surface area (Å²) in [5.41, 5.74) is 1.04. The average Bonchev–Trinajstić information content (AvgIpc) is 3.14. The molecule has 0 radical (unpaired) electrons. The van der Waals surface area contributed by atoms with Gasteiger partial charge in [-0.3, -0.25) is 4.90 Å². The molecule has 0 saturated carbocycles. The minimum absolute atomic E-state index is 0.112. The molecule has 8 heteroatoms. The fourth-order valence-electron chi connectivity index (χ4n) is 3.85. The smallest absolute Gasteiger partial charge is 0.210 e. The van der Waals surface area contributed by atoms with Gasteiger partial charge in [-0.25, -0.2) is 13.8 Å². The molecule has 0 spiro atoms. The molecular weight excluding hydrogens is 408 g/mol. The van der Waals surface area contributed by atoms with Gasteiger partial charge in [-0.2, -0.15) is 0 Å². The molecule has 2 aromatic carbocycles. The Morgan fingerprint density at radius 3 is 2.87 bits per heavy atom. The van der Waals surface area contributed by atoms with Crippen molar-refractivity contribution >= 4 is 21.6 Å². The first kappa shape index (κ1) is 21.1. The zero-order chi connectivity index (χ0) is 21.1. The van der Waals surface area contributed by atoms with Crippen LogP contribution in [0.1, 0.15) is 24.8 Å². The monoisotopic (exact) mass is 433 g/mol. The molecule has 1 aliphatic heterocycles. The Morgan fingerprint density at radius 2 is 2.10 bits per heavy atom. The summed E-state index contributed by atoms with van der Waals surface area (Å²) in [7, 11) is 0. The van der Waals surface area contributed by atoms with Crippen LogP contribution in [-0.4, -0.2) is 46.5 Å². The number of likely N-dealkylation sites (tertiary alicyclic amines) is 1. The van der Waals surface area contributed by atoms with Crippen molar-refractivity contribution in [3.63, 3.8) is 0 Å². The lowest BCUT2D eigenvalue weighted by Gasteiger charge is -2.38. The summed E-state index contributed by atoms with van der Waals surface area (Å²) >= 11 is 1.71. The third kappa shape index (κ3) is 5.13. The Balaban J connectivity index is 1.24. The summed E-state index contributed by atoms with van der Waals surface area (Å²) in [6.45, 7) is 4.00. The lowest BCUT2D eigenvalue weighted by molar-refractivity contribution is -0.0542. The van der Waals surface area contributed by atoms with Crippen LogP contribution in [0.15, 0.2) is 42.5 Å². The van der Waals surface area contributed by atoms with Crippen LogP contribution >= 0.6 is 11.3 Å². The summed E-state index contributed by atoms with van der Waals surface area (Å²) in [4.78, 5) is 6.82. The first-order valence-corrected chi connectivity index (χ1v) is 10.9. The maximum atomic E-state index is 13.3. The molecule has 0 bridgehead atoms. The van der Waals surface area contributed by atoms with Gasteiger partial charge in [-0.05, 0) is 44.0 Å². The number of rotatable bonds is 7. The highest BCUT2D eigenvalue weighted by molar-refractivity contribution is 7.18. The minimum Gasteiger partial charge on any atom is -0.464 e. The highest BCUT2D eigenvalue weighted by Gasteiger charge is 2.27. The van der Waals surface area contributed by atoms with Crippen molar-refractivity contribution in [2.45, 2.75) is 44.7 Å². The maximum Gasteiger partial charge on any atom is 0.210 e. The number of para-hydroxylation sites is 1. The second-order valence-electron chi connectivity index (χ2n) is 7.67. The predicted molar refractivity (Wildman–Crippen MR) is 114 cm³/mol. The number of benzene rings is 2. The van der Waals surface area contributed by atoms with Gasteiger partial charge in [0.15, 0.2) is 11.6 Å². The van der Waals surface area contributed by atoms with Crippen molar-refractivity contribution < 1.29 is 18.6 Å². The molecular formula is C22H25F2N3O2S. The number of ether oxygens (including phenoxy) is 1. The van der Waals surface area contributed by atoms with Crippen LogP contribution in [0.4, 0.5) is 8.78 Å². The molecule has 1 fully saturated rings. The zero-order valence-corrected chi connectivity index (χ0v) is 17.5. The van der Waals surface area contributed by atoms with E-state index in [0.29, 0.717) is 12.6 Å². The molecule has 0 aliphatic carbocycles. The van der Waals surface area contributed by atoms with E-state index in [1.807, 2.05) is 18.2 Å². The van der Waals surface area contributed by atoms with Crippen LogP contribution in [0.2, 0.25) is 0 Å². The Morgan fingerprint density at radius 1 is 1.27 bits per heavy atom. The summed E-state index contributed by atoms with van der Waals surface area (Å²) in [5.74, 6) is -1.82. The number of nitrogens with one attached hydrogen (secondary N) is 1. The molecule has 2 heterocycles. The number of fused-ring (bicyclic) bond motifs is 1. The number of hydrogen-bond donors (Lipinski definition) is 2. The van der Waals surface area contributed by atoms with E-state index in [-0.39, 0.29) is 11.8 Å². The molecule has 160 valence electrons. The largest absolute Gasteiger partial charge is 0.464 e. The van der Waals surface area contributed by atoms with E-state index < -0.39 is 17.9 Å². The Kier molecular flexibility index (Phi) is 6.58. The van der Waals surface area contributed by atoms with E-state index in [4.69, 9.17) is 4.74 Å². The third-order valence-corrected chi connectivity index (χ3v) is 6.48. The van der Waals surface area contributed by atoms with Gasteiger partial charge in [0.25, 0.3) is 0 Å². The summed E-state index contributed by atoms with van der Waals surface area (Å²) in [6.07, 6.45) is 0.792. The number of thiazole rings is 1. The Hall–Kier alpha value is -2.13. The number of piperidine rings is 1. The van der Waals surface area contributed by atoms with Gasteiger partial charge in [0.2, 0.25) is 6.29 Å².